The molecule has 3 rings (SSSR count). The second-order valence-corrected chi connectivity index (χ2v) is 6.89. The molecule has 0 saturated carbocycles. The summed E-state index contributed by atoms with van der Waals surface area (Å²) in [5.74, 6) is 0.0254. The van der Waals surface area contributed by atoms with Crippen molar-refractivity contribution >= 4 is 23.7 Å². The van der Waals surface area contributed by atoms with Crippen molar-refractivity contribution in [1.29, 1.82) is 0 Å². The van der Waals surface area contributed by atoms with Gasteiger partial charge in [-0.25, -0.2) is 9.18 Å². The second kappa shape index (κ2) is 7.73. The van der Waals surface area contributed by atoms with Crippen LogP contribution >= 0.6 is 11.8 Å². The van der Waals surface area contributed by atoms with Gasteiger partial charge in [0.05, 0.1) is 5.25 Å². The molecule has 1 saturated heterocycles. The third-order valence-electron chi connectivity index (χ3n) is 3.64. The number of hydrogen-bond donors (Lipinski definition) is 1. The number of amides is 3. The Balaban J connectivity index is 1.59. The molecule has 0 radical (unpaired) electrons. The minimum Gasteiger partial charge on any atom is -0.481 e. The number of aromatic nitrogens is 2. The van der Waals surface area contributed by atoms with E-state index in [2.05, 4.69) is 15.5 Å². The number of rotatable bonds is 6. The molecule has 8 nitrogen and oxygen atoms in total. The van der Waals surface area contributed by atoms with Crippen LogP contribution in [0.2, 0.25) is 0 Å². The third kappa shape index (κ3) is 4.13. The molecular formula is C16H17FN4O4S. The van der Waals surface area contributed by atoms with Crippen molar-refractivity contribution in [3.8, 4) is 5.75 Å². The van der Waals surface area contributed by atoms with Crippen LogP contribution in [0.4, 0.5) is 9.18 Å². The van der Waals surface area contributed by atoms with E-state index in [1.54, 1.807) is 13.8 Å². The molecule has 2 aromatic rings. The molecule has 26 heavy (non-hydrogen) atoms. The van der Waals surface area contributed by atoms with E-state index < -0.39 is 17.4 Å². The van der Waals surface area contributed by atoms with Crippen LogP contribution in [-0.2, 0) is 4.79 Å². The van der Waals surface area contributed by atoms with E-state index in [0.29, 0.717) is 18.8 Å². The van der Waals surface area contributed by atoms with Crippen molar-refractivity contribution in [3.63, 3.8) is 0 Å². The number of carbonyl (C=O) groups excluding carboxylic acids is 2. The Morgan fingerprint density at radius 3 is 2.73 bits per heavy atom. The number of imide groups is 1. The summed E-state index contributed by atoms with van der Waals surface area (Å²) < 4.78 is 24.1. The largest absolute Gasteiger partial charge is 0.481 e. The van der Waals surface area contributed by atoms with Crippen molar-refractivity contribution in [1.82, 2.24) is 20.4 Å². The first-order valence-corrected chi connectivity index (χ1v) is 8.83. The maximum atomic E-state index is 12.9. The van der Waals surface area contributed by atoms with Gasteiger partial charge in [0, 0.05) is 13.1 Å². The van der Waals surface area contributed by atoms with Gasteiger partial charge in [-0.1, -0.05) is 11.8 Å². The summed E-state index contributed by atoms with van der Waals surface area (Å²) in [6.07, 6.45) is -0.544. The molecule has 0 unspecified atom stereocenters. The van der Waals surface area contributed by atoms with Gasteiger partial charge < -0.3 is 14.5 Å². The van der Waals surface area contributed by atoms with Gasteiger partial charge in [-0.2, -0.15) is 0 Å². The number of ether oxygens (including phenoxy) is 1. The number of nitrogens with zero attached hydrogens (tertiary/aromatic N) is 3. The Labute approximate surface area is 153 Å². The smallest absolute Gasteiger partial charge is 0.324 e. The molecule has 0 bridgehead atoms. The standard InChI is InChI=1S/C16H17FN4O4S/c1-9(24-12-5-3-11(17)4-6-12)13-19-20-16(25-13)26-10(2)14(22)21-8-7-18-15(21)23/h3-6,9-10H,7-8H2,1-2H3,(H,18,23)/t9-,10+/m0/s1. The summed E-state index contributed by atoms with van der Waals surface area (Å²) in [6.45, 7) is 4.18. The Kier molecular flexibility index (Phi) is 5.40. The first kappa shape index (κ1) is 18.2. The maximum absolute atomic E-state index is 12.9. The maximum Gasteiger partial charge on any atom is 0.324 e. The van der Waals surface area contributed by atoms with E-state index in [-0.39, 0.29) is 22.8 Å². The highest BCUT2D eigenvalue weighted by atomic mass is 32.2. The predicted octanol–water partition coefficient (Wildman–Crippen LogP) is 2.38. The fraction of sp³-hybridized carbons (Fsp3) is 0.375. The van der Waals surface area contributed by atoms with E-state index in [0.717, 1.165) is 16.7 Å². The van der Waals surface area contributed by atoms with E-state index in [1.165, 1.54) is 24.3 Å². The molecule has 1 aromatic carbocycles. The summed E-state index contributed by atoms with van der Waals surface area (Å²) in [4.78, 5) is 25.0. The Hall–Kier alpha value is -2.62. The van der Waals surface area contributed by atoms with Crippen molar-refractivity contribution in [3.05, 3.63) is 36.0 Å². The number of carbonyl (C=O) groups is 2. The van der Waals surface area contributed by atoms with E-state index >= 15 is 0 Å². The van der Waals surface area contributed by atoms with Crippen LogP contribution in [0.15, 0.2) is 33.9 Å². The fourth-order valence-electron chi connectivity index (χ4n) is 2.30. The van der Waals surface area contributed by atoms with E-state index in [4.69, 9.17) is 9.15 Å². The lowest BCUT2D eigenvalue weighted by atomic mass is 10.3. The summed E-state index contributed by atoms with van der Waals surface area (Å²) in [7, 11) is 0. The molecule has 0 spiro atoms. The number of urea groups is 1. The number of benzene rings is 1. The quantitative estimate of drug-likeness (QED) is 0.769. The molecule has 1 N–H and O–H groups in total. The first-order valence-electron chi connectivity index (χ1n) is 7.95. The van der Waals surface area contributed by atoms with Gasteiger partial charge in [0.1, 0.15) is 11.6 Å². The zero-order chi connectivity index (χ0) is 18.7. The molecular weight excluding hydrogens is 363 g/mol. The normalized spacial score (nSPS) is 16.3. The van der Waals surface area contributed by atoms with E-state index in [1.807, 2.05) is 0 Å². The zero-order valence-corrected chi connectivity index (χ0v) is 15.0. The predicted molar refractivity (Wildman–Crippen MR) is 90.2 cm³/mol. The van der Waals surface area contributed by atoms with Gasteiger partial charge in [-0.15, -0.1) is 10.2 Å². The molecule has 2 heterocycles. The minimum atomic E-state index is -0.555. The average molecular weight is 380 g/mol. The highest BCUT2D eigenvalue weighted by molar-refractivity contribution is 8.00. The van der Waals surface area contributed by atoms with Crippen LogP contribution in [0.1, 0.15) is 25.8 Å². The van der Waals surface area contributed by atoms with Crippen LogP contribution in [0, 0.1) is 5.82 Å². The minimum absolute atomic E-state index is 0.204. The Morgan fingerprint density at radius 2 is 2.08 bits per heavy atom. The molecule has 3 amide bonds. The lowest BCUT2D eigenvalue weighted by molar-refractivity contribution is -0.126. The second-order valence-electron chi connectivity index (χ2n) is 5.60. The van der Waals surface area contributed by atoms with Crippen molar-refractivity contribution in [2.75, 3.05) is 13.1 Å². The summed E-state index contributed by atoms with van der Waals surface area (Å²) in [6, 6.07) is 5.19. The molecule has 0 aliphatic carbocycles. The first-order chi connectivity index (χ1) is 12.4. The van der Waals surface area contributed by atoms with Crippen LogP contribution in [0.3, 0.4) is 0 Å². The SMILES string of the molecule is C[C@H](Oc1ccc(F)cc1)c1nnc(S[C@H](C)C(=O)N2CCNC2=O)o1. The van der Waals surface area contributed by atoms with Gasteiger partial charge in [0.25, 0.3) is 11.1 Å². The zero-order valence-electron chi connectivity index (χ0n) is 14.1. The fourth-order valence-corrected chi connectivity index (χ4v) is 3.05. The van der Waals surface area contributed by atoms with Gasteiger partial charge in [0.2, 0.25) is 5.91 Å². The summed E-state index contributed by atoms with van der Waals surface area (Å²) in [5, 5.41) is 10.0. The molecule has 138 valence electrons. The van der Waals surface area contributed by atoms with Gasteiger partial charge >= 0.3 is 6.03 Å². The van der Waals surface area contributed by atoms with Crippen LogP contribution in [0.5, 0.6) is 5.75 Å². The number of halogens is 1. The van der Waals surface area contributed by atoms with Crippen LogP contribution < -0.4 is 10.1 Å². The molecule has 10 heteroatoms. The summed E-state index contributed by atoms with van der Waals surface area (Å²) >= 11 is 1.07. The highest BCUT2D eigenvalue weighted by Gasteiger charge is 2.31. The number of thioether (sulfide) groups is 1. The van der Waals surface area contributed by atoms with Crippen LogP contribution in [0.25, 0.3) is 0 Å². The van der Waals surface area contributed by atoms with Gasteiger partial charge in [-0.05, 0) is 38.1 Å². The van der Waals surface area contributed by atoms with Crippen molar-refractivity contribution in [2.24, 2.45) is 0 Å². The van der Waals surface area contributed by atoms with E-state index in [9.17, 15) is 14.0 Å². The monoisotopic (exact) mass is 380 g/mol. The number of hydrogen-bond acceptors (Lipinski definition) is 7. The van der Waals surface area contributed by atoms with Gasteiger partial charge in [-0.3, -0.25) is 9.69 Å². The Bertz CT molecular complexity index is 798. The topological polar surface area (TPSA) is 97.6 Å². The molecule has 1 fully saturated rings. The lowest BCUT2D eigenvalue weighted by Gasteiger charge is -2.15. The van der Waals surface area contributed by atoms with Crippen molar-refractivity contribution in [2.45, 2.75) is 30.4 Å². The Morgan fingerprint density at radius 1 is 1.35 bits per heavy atom. The molecule has 2 atom stereocenters. The lowest BCUT2D eigenvalue weighted by Crippen LogP contribution is -2.38. The van der Waals surface area contributed by atoms with Gasteiger partial charge in [0.15, 0.2) is 6.10 Å². The summed E-state index contributed by atoms with van der Waals surface area (Å²) in [5.41, 5.74) is 0. The molecule has 1 aromatic heterocycles. The highest BCUT2D eigenvalue weighted by Crippen LogP contribution is 2.27. The van der Waals surface area contributed by atoms with Crippen molar-refractivity contribution < 1.29 is 23.1 Å². The number of nitrogens with one attached hydrogen (secondary N) is 1. The molecule has 1 aliphatic rings. The average Bonchev–Trinajstić information content (AvgIpc) is 3.25. The molecule has 1 aliphatic heterocycles. The third-order valence-corrected chi connectivity index (χ3v) is 4.57. The van der Waals surface area contributed by atoms with Crippen LogP contribution in [-0.4, -0.2) is 45.4 Å².